The minimum absolute atomic E-state index is 0.194. The van der Waals surface area contributed by atoms with E-state index in [1.54, 1.807) is 25.3 Å². The number of benzene rings is 1. The molecule has 1 atom stereocenters. The van der Waals surface area contributed by atoms with Gasteiger partial charge < -0.3 is 9.64 Å². The second-order valence-electron chi connectivity index (χ2n) is 9.02. The fraction of sp³-hybridized carbons (Fsp3) is 0.391. The van der Waals surface area contributed by atoms with Crippen LogP contribution < -0.4 is 10.2 Å². The molecule has 0 unspecified atom stereocenters. The molecular formula is C23H28N6O3S. The van der Waals surface area contributed by atoms with Gasteiger partial charge in [0.25, 0.3) is 5.91 Å². The molecule has 1 N–H and O–H groups in total. The third-order valence-electron chi connectivity index (χ3n) is 5.08. The standard InChI is InChI=1S/C23H28N6O3S/c1-23(2,3)32-22(31)28-14-33-13-18(28)20(30)25-21-24-19-11-10-15(12-29(19)26-21)16-8-6-7-9-17(16)27(4)5/h6-12,18H,13-14H2,1-5H3,(H,25,26,30)/t18-/m1/s1. The number of nitrogens with zero attached hydrogens (tertiary/aromatic N) is 5. The molecule has 1 fully saturated rings. The zero-order chi connectivity index (χ0) is 23.8. The number of anilines is 2. The van der Waals surface area contributed by atoms with Gasteiger partial charge in [-0.2, -0.15) is 4.98 Å². The highest BCUT2D eigenvalue weighted by Gasteiger charge is 2.37. The van der Waals surface area contributed by atoms with Gasteiger partial charge in [0.2, 0.25) is 5.95 Å². The highest BCUT2D eigenvalue weighted by Crippen LogP contribution is 2.30. The zero-order valence-electron chi connectivity index (χ0n) is 19.4. The third kappa shape index (κ3) is 5.05. The van der Waals surface area contributed by atoms with Gasteiger partial charge in [0.1, 0.15) is 11.6 Å². The number of fused-ring (bicyclic) bond motifs is 1. The minimum atomic E-state index is -0.640. The Labute approximate surface area is 197 Å². The average Bonchev–Trinajstić information content (AvgIpc) is 3.38. The number of rotatable bonds is 4. The molecule has 0 bridgehead atoms. The molecule has 0 radical (unpaired) electrons. The van der Waals surface area contributed by atoms with Crippen molar-refractivity contribution in [2.45, 2.75) is 32.4 Å². The van der Waals surface area contributed by atoms with E-state index >= 15 is 0 Å². The summed E-state index contributed by atoms with van der Waals surface area (Å²) in [5, 5.41) is 7.19. The number of ether oxygens (including phenoxy) is 1. The molecule has 2 amide bonds. The molecule has 0 spiro atoms. The Morgan fingerprint density at radius 2 is 1.94 bits per heavy atom. The monoisotopic (exact) mass is 468 g/mol. The zero-order valence-corrected chi connectivity index (χ0v) is 20.2. The lowest BCUT2D eigenvalue weighted by Crippen LogP contribution is -2.46. The minimum Gasteiger partial charge on any atom is -0.444 e. The smallest absolute Gasteiger partial charge is 0.411 e. The van der Waals surface area contributed by atoms with Gasteiger partial charge in [-0.1, -0.05) is 18.2 Å². The Balaban J connectivity index is 1.53. The topological polar surface area (TPSA) is 92.1 Å². The van der Waals surface area contributed by atoms with Gasteiger partial charge in [0, 0.05) is 42.9 Å². The molecular weight excluding hydrogens is 440 g/mol. The molecule has 4 rings (SSSR count). The van der Waals surface area contributed by atoms with Crippen LogP contribution in [0.5, 0.6) is 0 Å². The summed E-state index contributed by atoms with van der Waals surface area (Å²) in [6.07, 6.45) is 1.39. The summed E-state index contributed by atoms with van der Waals surface area (Å²) < 4.78 is 7.08. The highest BCUT2D eigenvalue weighted by molar-refractivity contribution is 7.99. The number of carbonyl (C=O) groups excluding carboxylic acids is 2. The van der Waals surface area contributed by atoms with Crippen LogP contribution in [0.25, 0.3) is 16.8 Å². The van der Waals surface area contributed by atoms with Crippen LogP contribution in [-0.2, 0) is 9.53 Å². The number of carbonyl (C=O) groups is 2. The predicted octanol–water partition coefficient (Wildman–Crippen LogP) is 3.71. The number of pyridine rings is 1. The van der Waals surface area contributed by atoms with Gasteiger partial charge in [-0.3, -0.25) is 15.0 Å². The van der Waals surface area contributed by atoms with Crippen LogP contribution in [-0.4, -0.2) is 68.9 Å². The molecule has 3 aromatic rings. The van der Waals surface area contributed by atoms with Crippen LogP contribution in [0.1, 0.15) is 20.8 Å². The summed E-state index contributed by atoms with van der Waals surface area (Å²) in [6.45, 7) is 5.40. The lowest BCUT2D eigenvalue weighted by Gasteiger charge is -2.27. The van der Waals surface area contributed by atoms with Gasteiger partial charge in [0.05, 0.1) is 5.88 Å². The molecule has 1 aliphatic heterocycles. The maximum Gasteiger partial charge on any atom is 0.411 e. The lowest BCUT2D eigenvalue weighted by molar-refractivity contribution is -0.120. The molecule has 33 heavy (non-hydrogen) atoms. The molecule has 0 aliphatic carbocycles. The second kappa shape index (κ2) is 8.93. The lowest BCUT2D eigenvalue weighted by atomic mass is 10.1. The normalized spacial score (nSPS) is 16.2. The quantitative estimate of drug-likeness (QED) is 0.624. The molecule has 1 aliphatic rings. The molecule has 1 aromatic carbocycles. The first-order valence-electron chi connectivity index (χ1n) is 10.6. The van der Waals surface area contributed by atoms with Crippen molar-refractivity contribution in [3.05, 3.63) is 42.6 Å². The van der Waals surface area contributed by atoms with Crippen molar-refractivity contribution >= 4 is 41.0 Å². The number of hydrogen-bond acceptors (Lipinski definition) is 7. The summed E-state index contributed by atoms with van der Waals surface area (Å²) in [5.41, 5.74) is 3.13. The number of amides is 2. The van der Waals surface area contributed by atoms with Crippen molar-refractivity contribution < 1.29 is 14.3 Å². The Morgan fingerprint density at radius 3 is 2.67 bits per heavy atom. The second-order valence-corrected chi connectivity index (χ2v) is 10.0. The summed E-state index contributed by atoms with van der Waals surface area (Å²) in [6, 6.07) is 11.3. The maximum atomic E-state index is 12.9. The number of para-hydroxylation sites is 1. The molecule has 3 heterocycles. The number of thioether (sulfide) groups is 1. The van der Waals surface area contributed by atoms with E-state index in [4.69, 9.17) is 4.74 Å². The van der Waals surface area contributed by atoms with Gasteiger partial charge in [0.15, 0.2) is 5.65 Å². The molecule has 2 aromatic heterocycles. The largest absolute Gasteiger partial charge is 0.444 e. The van der Waals surface area contributed by atoms with Crippen LogP contribution in [0.4, 0.5) is 16.4 Å². The van der Waals surface area contributed by atoms with Gasteiger partial charge in [-0.05, 0) is 39.0 Å². The SMILES string of the molecule is CN(C)c1ccccc1-c1ccc2nc(NC(=O)[C@H]3CSCN3C(=O)OC(C)(C)C)nn2c1. The van der Waals surface area contributed by atoms with Crippen LogP contribution in [0.15, 0.2) is 42.6 Å². The van der Waals surface area contributed by atoms with Crippen LogP contribution >= 0.6 is 11.8 Å². The fourth-order valence-electron chi connectivity index (χ4n) is 3.56. The summed E-state index contributed by atoms with van der Waals surface area (Å²) in [4.78, 5) is 33.3. The van der Waals surface area contributed by atoms with Crippen LogP contribution in [0.2, 0.25) is 0 Å². The van der Waals surface area contributed by atoms with Gasteiger partial charge in [-0.25, -0.2) is 9.31 Å². The molecule has 0 saturated carbocycles. The van der Waals surface area contributed by atoms with Crippen molar-refractivity contribution in [2.24, 2.45) is 0 Å². The Hall–Kier alpha value is -3.27. The van der Waals surface area contributed by atoms with E-state index < -0.39 is 17.7 Å². The number of aromatic nitrogens is 3. The van der Waals surface area contributed by atoms with E-state index in [0.29, 0.717) is 17.3 Å². The van der Waals surface area contributed by atoms with E-state index in [2.05, 4.69) is 32.4 Å². The van der Waals surface area contributed by atoms with Gasteiger partial charge >= 0.3 is 6.09 Å². The summed E-state index contributed by atoms with van der Waals surface area (Å²) >= 11 is 1.51. The first-order chi connectivity index (χ1) is 15.6. The van der Waals surface area contributed by atoms with Crippen LogP contribution in [0, 0.1) is 0 Å². The molecule has 10 heteroatoms. The summed E-state index contributed by atoms with van der Waals surface area (Å²) in [7, 11) is 4.00. The van der Waals surface area contributed by atoms with E-state index in [1.165, 1.54) is 16.7 Å². The van der Waals surface area contributed by atoms with Crippen molar-refractivity contribution in [1.29, 1.82) is 0 Å². The average molecular weight is 469 g/mol. The fourth-order valence-corrected chi connectivity index (χ4v) is 4.70. The third-order valence-corrected chi connectivity index (χ3v) is 6.09. The molecule has 9 nitrogen and oxygen atoms in total. The van der Waals surface area contributed by atoms with Gasteiger partial charge in [-0.15, -0.1) is 16.9 Å². The van der Waals surface area contributed by atoms with Crippen molar-refractivity contribution in [3.63, 3.8) is 0 Å². The Bertz CT molecular complexity index is 1190. The predicted molar refractivity (Wildman–Crippen MR) is 131 cm³/mol. The van der Waals surface area contributed by atoms with Crippen LogP contribution in [0.3, 0.4) is 0 Å². The van der Waals surface area contributed by atoms with Crippen molar-refractivity contribution in [1.82, 2.24) is 19.5 Å². The van der Waals surface area contributed by atoms with E-state index in [9.17, 15) is 9.59 Å². The summed E-state index contributed by atoms with van der Waals surface area (Å²) in [5.74, 6) is 0.753. The van der Waals surface area contributed by atoms with E-state index in [1.807, 2.05) is 44.6 Å². The first-order valence-corrected chi connectivity index (χ1v) is 11.8. The number of hydrogen-bond donors (Lipinski definition) is 1. The van der Waals surface area contributed by atoms with E-state index in [-0.39, 0.29) is 11.9 Å². The Kier molecular flexibility index (Phi) is 6.20. The van der Waals surface area contributed by atoms with Crippen molar-refractivity contribution in [2.75, 3.05) is 35.9 Å². The highest BCUT2D eigenvalue weighted by atomic mass is 32.2. The van der Waals surface area contributed by atoms with E-state index in [0.717, 1.165) is 16.8 Å². The molecule has 1 saturated heterocycles. The first kappa shape index (κ1) is 22.9. The van der Waals surface area contributed by atoms with Crippen molar-refractivity contribution in [3.8, 4) is 11.1 Å². The maximum absolute atomic E-state index is 12.9. The Morgan fingerprint density at radius 1 is 1.18 bits per heavy atom. The number of nitrogens with one attached hydrogen (secondary N) is 1. The molecule has 174 valence electrons.